The van der Waals surface area contributed by atoms with Crippen molar-refractivity contribution in [2.45, 2.75) is 31.9 Å². The highest BCUT2D eigenvalue weighted by molar-refractivity contribution is 4.91. The molecule has 66 valence electrons. The smallest absolute Gasteiger partial charge is 0.0751 e. The van der Waals surface area contributed by atoms with Crippen LogP contribution in [0.1, 0.15) is 20.8 Å². The molecule has 11 heavy (non-hydrogen) atoms. The van der Waals surface area contributed by atoms with E-state index in [4.69, 9.17) is 9.84 Å². The van der Waals surface area contributed by atoms with Crippen molar-refractivity contribution in [2.75, 3.05) is 19.8 Å². The first-order valence-corrected chi connectivity index (χ1v) is 3.97. The van der Waals surface area contributed by atoms with Gasteiger partial charge in [-0.3, -0.25) is 0 Å². The quantitative estimate of drug-likeness (QED) is 0.571. The van der Waals surface area contributed by atoms with Crippen molar-refractivity contribution >= 4 is 0 Å². The van der Waals surface area contributed by atoms with Gasteiger partial charge in [0.1, 0.15) is 0 Å². The number of aliphatic hydroxyl groups excluding tert-OH is 1. The van der Waals surface area contributed by atoms with E-state index in [0.717, 1.165) is 6.54 Å². The Labute approximate surface area is 67.7 Å². The van der Waals surface area contributed by atoms with E-state index in [1.54, 1.807) is 0 Å². The molecule has 3 heteroatoms. The molecule has 1 fully saturated rings. The topological polar surface area (TPSA) is 41.5 Å². The monoisotopic (exact) mass is 159 g/mol. The summed E-state index contributed by atoms with van der Waals surface area (Å²) in [6.07, 6.45) is 0. The molecule has 0 saturated carbocycles. The van der Waals surface area contributed by atoms with Gasteiger partial charge in [-0.2, -0.15) is 0 Å². The van der Waals surface area contributed by atoms with Crippen LogP contribution < -0.4 is 5.32 Å². The summed E-state index contributed by atoms with van der Waals surface area (Å²) in [6.45, 7) is 7.54. The maximum atomic E-state index is 8.98. The lowest BCUT2D eigenvalue weighted by atomic mass is 9.98. The van der Waals surface area contributed by atoms with Gasteiger partial charge in [0.05, 0.1) is 24.4 Å². The molecule has 1 unspecified atom stereocenters. The lowest BCUT2D eigenvalue weighted by Crippen LogP contribution is -2.60. The zero-order chi connectivity index (χ0) is 8.54. The van der Waals surface area contributed by atoms with Crippen molar-refractivity contribution in [2.24, 2.45) is 0 Å². The second-order valence-corrected chi connectivity index (χ2v) is 4.12. The fraction of sp³-hybridized carbons (Fsp3) is 1.00. The SMILES string of the molecule is CC1(CO)COC(C)(C)CN1. The highest BCUT2D eigenvalue weighted by Gasteiger charge is 2.34. The van der Waals surface area contributed by atoms with Crippen LogP contribution in [-0.4, -0.2) is 36.0 Å². The summed E-state index contributed by atoms with van der Waals surface area (Å²) >= 11 is 0. The van der Waals surface area contributed by atoms with Crippen LogP contribution in [0.25, 0.3) is 0 Å². The molecular weight excluding hydrogens is 142 g/mol. The Morgan fingerprint density at radius 2 is 2.09 bits per heavy atom. The summed E-state index contributed by atoms with van der Waals surface area (Å²) in [6, 6.07) is 0. The second-order valence-electron chi connectivity index (χ2n) is 4.12. The maximum Gasteiger partial charge on any atom is 0.0751 e. The second kappa shape index (κ2) is 2.73. The first-order valence-electron chi connectivity index (χ1n) is 3.97. The van der Waals surface area contributed by atoms with Crippen LogP contribution in [0.2, 0.25) is 0 Å². The number of hydrogen-bond donors (Lipinski definition) is 2. The Kier molecular flexibility index (Phi) is 2.23. The molecule has 1 aliphatic rings. The molecule has 0 spiro atoms. The highest BCUT2D eigenvalue weighted by atomic mass is 16.5. The predicted octanol–water partition coefficient (Wildman–Crippen LogP) is 0.136. The molecule has 0 radical (unpaired) electrons. The highest BCUT2D eigenvalue weighted by Crippen LogP contribution is 2.18. The van der Waals surface area contributed by atoms with Gasteiger partial charge in [-0.25, -0.2) is 0 Å². The van der Waals surface area contributed by atoms with E-state index in [0.29, 0.717) is 6.61 Å². The normalized spacial score (nSPS) is 37.1. The fourth-order valence-corrected chi connectivity index (χ4v) is 0.985. The number of hydrogen-bond acceptors (Lipinski definition) is 3. The molecule has 0 aromatic heterocycles. The first kappa shape index (κ1) is 8.97. The lowest BCUT2D eigenvalue weighted by molar-refractivity contribution is -0.0935. The molecule has 0 bridgehead atoms. The lowest BCUT2D eigenvalue weighted by Gasteiger charge is -2.41. The molecule has 1 aliphatic heterocycles. The molecule has 1 rings (SSSR count). The summed E-state index contributed by atoms with van der Waals surface area (Å²) in [4.78, 5) is 0. The van der Waals surface area contributed by atoms with Gasteiger partial charge in [0, 0.05) is 6.54 Å². The van der Waals surface area contributed by atoms with Crippen LogP contribution in [0.4, 0.5) is 0 Å². The molecular formula is C8H17NO2. The minimum atomic E-state index is -0.241. The van der Waals surface area contributed by atoms with Crippen molar-refractivity contribution in [1.29, 1.82) is 0 Å². The van der Waals surface area contributed by atoms with E-state index in [1.807, 2.05) is 20.8 Å². The van der Waals surface area contributed by atoms with Gasteiger partial charge in [0.15, 0.2) is 0 Å². The number of ether oxygens (including phenoxy) is 1. The summed E-state index contributed by atoms with van der Waals surface area (Å²) in [5.74, 6) is 0. The average Bonchev–Trinajstić information content (AvgIpc) is 1.97. The molecule has 3 nitrogen and oxygen atoms in total. The predicted molar refractivity (Wildman–Crippen MR) is 43.5 cm³/mol. The number of nitrogens with one attached hydrogen (secondary N) is 1. The summed E-state index contributed by atoms with van der Waals surface area (Å²) in [7, 11) is 0. The molecule has 0 amide bonds. The number of aliphatic hydroxyl groups is 1. The minimum Gasteiger partial charge on any atom is -0.394 e. The van der Waals surface area contributed by atoms with E-state index in [1.165, 1.54) is 0 Å². The molecule has 1 heterocycles. The third-order valence-corrected chi connectivity index (χ3v) is 2.07. The Morgan fingerprint density at radius 3 is 2.45 bits per heavy atom. The fourth-order valence-electron chi connectivity index (χ4n) is 0.985. The molecule has 1 saturated heterocycles. The van der Waals surface area contributed by atoms with Gasteiger partial charge in [-0.15, -0.1) is 0 Å². The van der Waals surface area contributed by atoms with Gasteiger partial charge in [-0.1, -0.05) is 0 Å². The van der Waals surface area contributed by atoms with Gasteiger partial charge in [0.25, 0.3) is 0 Å². The minimum absolute atomic E-state index is 0.0886. The molecule has 1 atom stereocenters. The standard InChI is InChI=1S/C8H17NO2/c1-7(2)4-9-8(3,5-10)6-11-7/h9-10H,4-6H2,1-3H3. The zero-order valence-electron chi connectivity index (χ0n) is 7.48. The summed E-state index contributed by atoms with van der Waals surface area (Å²) in [5.41, 5.74) is -0.329. The third-order valence-electron chi connectivity index (χ3n) is 2.07. The van der Waals surface area contributed by atoms with Crippen LogP contribution in [-0.2, 0) is 4.74 Å². The van der Waals surface area contributed by atoms with Crippen LogP contribution in [0.5, 0.6) is 0 Å². The van der Waals surface area contributed by atoms with Crippen molar-refractivity contribution in [3.63, 3.8) is 0 Å². The van der Waals surface area contributed by atoms with E-state index in [2.05, 4.69) is 5.32 Å². The van der Waals surface area contributed by atoms with Crippen molar-refractivity contribution in [1.82, 2.24) is 5.32 Å². The summed E-state index contributed by atoms with van der Waals surface area (Å²) in [5, 5.41) is 12.2. The molecule has 0 aliphatic carbocycles. The van der Waals surface area contributed by atoms with E-state index in [-0.39, 0.29) is 17.7 Å². The van der Waals surface area contributed by atoms with Crippen LogP contribution in [0.3, 0.4) is 0 Å². The van der Waals surface area contributed by atoms with Crippen molar-refractivity contribution < 1.29 is 9.84 Å². The van der Waals surface area contributed by atoms with Gasteiger partial charge in [0.2, 0.25) is 0 Å². The van der Waals surface area contributed by atoms with E-state index in [9.17, 15) is 0 Å². The van der Waals surface area contributed by atoms with Crippen LogP contribution >= 0.6 is 0 Å². The van der Waals surface area contributed by atoms with Crippen LogP contribution in [0, 0.1) is 0 Å². The maximum absolute atomic E-state index is 8.98. The average molecular weight is 159 g/mol. The number of rotatable bonds is 1. The Balaban J connectivity index is 2.48. The Bertz CT molecular complexity index is 135. The van der Waals surface area contributed by atoms with Gasteiger partial charge in [-0.05, 0) is 20.8 Å². The molecule has 2 N–H and O–H groups in total. The Hall–Kier alpha value is -0.120. The third kappa shape index (κ3) is 2.15. The Morgan fingerprint density at radius 1 is 1.45 bits per heavy atom. The van der Waals surface area contributed by atoms with Crippen molar-refractivity contribution in [3.05, 3.63) is 0 Å². The van der Waals surface area contributed by atoms with Crippen LogP contribution in [0.15, 0.2) is 0 Å². The molecule has 0 aromatic carbocycles. The number of morpholine rings is 1. The van der Waals surface area contributed by atoms with E-state index >= 15 is 0 Å². The van der Waals surface area contributed by atoms with Gasteiger partial charge >= 0.3 is 0 Å². The first-order chi connectivity index (χ1) is 4.97. The summed E-state index contributed by atoms with van der Waals surface area (Å²) < 4.78 is 5.55. The zero-order valence-corrected chi connectivity index (χ0v) is 7.48. The molecule has 0 aromatic rings. The largest absolute Gasteiger partial charge is 0.394 e. The van der Waals surface area contributed by atoms with Gasteiger partial charge < -0.3 is 15.2 Å². The van der Waals surface area contributed by atoms with E-state index < -0.39 is 0 Å². The van der Waals surface area contributed by atoms with Crippen molar-refractivity contribution in [3.8, 4) is 0 Å².